The second-order valence-corrected chi connectivity index (χ2v) is 9.34. The summed E-state index contributed by atoms with van der Waals surface area (Å²) in [7, 11) is -1.94. The predicted octanol–water partition coefficient (Wildman–Crippen LogP) is 1.55. The van der Waals surface area contributed by atoms with E-state index in [2.05, 4.69) is 0 Å². The lowest BCUT2D eigenvalue weighted by molar-refractivity contribution is -0.884. The molecule has 0 atom stereocenters. The molecule has 0 aromatic rings. The third-order valence-corrected chi connectivity index (χ3v) is 5.29. The first-order chi connectivity index (χ1) is 14.3. The lowest BCUT2D eigenvalue weighted by Crippen LogP contribution is -2.58. The molecule has 0 aromatic carbocycles. The molecule has 0 fully saturated rings. The highest BCUT2D eigenvalue weighted by Gasteiger charge is 2.78. The summed E-state index contributed by atoms with van der Waals surface area (Å²) in [5.41, 5.74) is 0. The van der Waals surface area contributed by atoms with E-state index < -0.39 is 71.5 Å². The van der Waals surface area contributed by atoms with E-state index >= 15 is 0 Å². The Morgan fingerprint density at radius 1 is 0.939 bits per heavy atom. The fraction of sp³-hybridized carbons (Fsp3) is 0.929. The summed E-state index contributed by atoms with van der Waals surface area (Å²) >= 11 is 0. The Morgan fingerprint density at radius 3 is 1.85 bits per heavy atom. The summed E-state index contributed by atoms with van der Waals surface area (Å²) in [6.07, 6.45) is -23.4. The van der Waals surface area contributed by atoms with Crippen LogP contribution in [0.3, 0.4) is 0 Å². The topological polar surface area (TPSA) is 95.5 Å². The second kappa shape index (κ2) is 10.0. The van der Waals surface area contributed by atoms with Crippen LogP contribution in [0.4, 0.5) is 48.3 Å². The number of carboxylic acids is 1. The summed E-state index contributed by atoms with van der Waals surface area (Å²) in [5, 5.41) is 10.5. The molecule has 1 N–H and O–H groups in total. The smallest absolute Gasteiger partial charge is 0.462 e. The highest BCUT2D eigenvalue weighted by atomic mass is 32.2. The molecule has 198 valence electrons. The van der Waals surface area contributed by atoms with Gasteiger partial charge in [0.15, 0.2) is 0 Å². The molecule has 33 heavy (non-hydrogen) atoms. The molecule has 7 nitrogen and oxygen atoms in total. The molecule has 0 aliphatic heterocycles. The highest BCUT2D eigenvalue weighted by Crippen LogP contribution is 2.51. The van der Waals surface area contributed by atoms with Crippen LogP contribution in [0.2, 0.25) is 0 Å². The van der Waals surface area contributed by atoms with E-state index in [4.69, 9.17) is 0 Å². The first-order valence-electron chi connectivity index (χ1n) is 8.56. The highest BCUT2D eigenvalue weighted by molar-refractivity contribution is 7.89. The van der Waals surface area contributed by atoms with Gasteiger partial charge in [0.1, 0.15) is 6.54 Å². The molecule has 19 heteroatoms. The van der Waals surface area contributed by atoms with Gasteiger partial charge in [-0.05, 0) is 0 Å². The van der Waals surface area contributed by atoms with Crippen LogP contribution in [0.1, 0.15) is 12.8 Å². The van der Waals surface area contributed by atoms with Crippen molar-refractivity contribution in [3.8, 4) is 0 Å². The average Bonchev–Trinajstić information content (AvgIpc) is 2.54. The number of aliphatic carboxylic acids is 1. The Bertz CT molecular complexity index is 785. The van der Waals surface area contributed by atoms with Gasteiger partial charge >= 0.3 is 30.2 Å². The number of likely N-dealkylation sites (N-methyl/N-ethyl adjacent to an activating group) is 1. The summed E-state index contributed by atoms with van der Waals surface area (Å²) in [6, 6.07) is 0. The van der Waals surface area contributed by atoms with E-state index in [9.17, 15) is 66.6 Å². The SMILES string of the molecule is C[N+](C)(CCCNS(=O)(=O)CCC(F)(F)C(F)(F)OC(F)(F)C(F)(F)C(F)(F)F)CC(=O)[O-]. The fourth-order valence-corrected chi connectivity index (χ4v) is 3.23. The van der Waals surface area contributed by atoms with Gasteiger partial charge < -0.3 is 14.4 Å². The lowest BCUT2D eigenvalue weighted by atomic mass is 10.2. The molecule has 0 amide bonds. The van der Waals surface area contributed by atoms with Crippen molar-refractivity contribution in [1.29, 1.82) is 0 Å². The number of sulfonamides is 1. The minimum atomic E-state index is -7.27. The normalized spacial score (nSPS) is 15.1. The Hall–Kier alpha value is -1.47. The zero-order chi connectivity index (χ0) is 26.7. The molecule has 0 heterocycles. The zero-order valence-electron chi connectivity index (χ0n) is 16.8. The fourth-order valence-electron chi connectivity index (χ4n) is 2.11. The van der Waals surface area contributed by atoms with Crippen LogP contribution in [0.15, 0.2) is 0 Å². The first kappa shape index (κ1) is 31.5. The molecule has 0 aliphatic carbocycles. The molecular formula is C14H19F11N2O5S. The van der Waals surface area contributed by atoms with Gasteiger partial charge in [0.05, 0.1) is 32.4 Å². The van der Waals surface area contributed by atoms with Gasteiger partial charge in [-0.3, -0.25) is 0 Å². The van der Waals surface area contributed by atoms with Crippen molar-refractivity contribution in [3.63, 3.8) is 0 Å². The quantitative estimate of drug-likeness (QED) is 0.207. The predicted molar refractivity (Wildman–Crippen MR) is 84.8 cm³/mol. The van der Waals surface area contributed by atoms with Crippen LogP contribution in [0.5, 0.6) is 0 Å². The second-order valence-electron chi connectivity index (χ2n) is 7.42. The summed E-state index contributed by atoms with van der Waals surface area (Å²) in [5.74, 6) is -16.5. The van der Waals surface area contributed by atoms with Gasteiger partial charge in [-0.1, -0.05) is 0 Å². The molecule has 0 aliphatic rings. The number of alkyl halides is 11. The Balaban J connectivity index is 5.06. The number of carbonyl (C=O) groups excluding carboxylic acids is 1. The van der Waals surface area contributed by atoms with Crippen molar-refractivity contribution >= 4 is 16.0 Å². The van der Waals surface area contributed by atoms with Crippen molar-refractivity contribution in [2.24, 2.45) is 0 Å². The van der Waals surface area contributed by atoms with Gasteiger partial charge in [-0.25, -0.2) is 17.9 Å². The monoisotopic (exact) mass is 536 g/mol. The average molecular weight is 536 g/mol. The molecule has 0 radical (unpaired) electrons. The molecule has 0 unspecified atom stereocenters. The maximum absolute atomic E-state index is 13.5. The van der Waals surface area contributed by atoms with Gasteiger partial charge in [0, 0.05) is 19.4 Å². The van der Waals surface area contributed by atoms with Crippen LogP contribution in [-0.2, 0) is 19.6 Å². The van der Waals surface area contributed by atoms with E-state index in [0.717, 1.165) is 0 Å². The van der Waals surface area contributed by atoms with Crippen molar-refractivity contribution in [1.82, 2.24) is 4.72 Å². The summed E-state index contributed by atoms with van der Waals surface area (Å²) in [6.45, 7) is -0.932. The number of hydrogen-bond donors (Lipinski definition) is 1. The summed E-state index contributed by atoms with van der Waals surface area (Å²) < 4.78 is 167. The van der Waals surface area contributed by atoms with Crippen molar-refractivity contribution in [3.05, 3.63) is 0 Å². The van der Waals surface area contributed by atoms with E-state index in [0.29, 0.717) is 0 Å². The lowest BCUT2D eigenvalue weighted by Gasteiger charge is -2.33. The number of ether oxygens (including phenoxy) is 1. The van der Waals surface area contributed by atoms with Gasteiger partial charge in [0.2, 0.25) is 10.0 Å². The first-order valence-corrected chi connectivity index (χ1v) is 10.2. The molecule has 0 spiro atoms. The number of carbonyl (C=O) groups is 1. The largest absolute Gasteiger partial charge is 0.544 e. The van der Waals surface area contributed by atoms with Crippen molar-refractivity contribution in [2.45, 2.75) is 43.1 Å². The van der Waals surface area contributed by atoms with Crippen LogP contribution in [0, 0.1) is 0 Å². The van der Waals surface area contributed by atoms with Crippen LogP contribution >= 0.6 is 0 Å². The maximum Gasteiger partial charge on any atom is 0.462 e. The molecule has 0 saturated heterocycles. The van der Waals surface area contributed by atoms with Crippen LogP contribution < -0.4 is 9.83 Å². The Kier molecular flexibility index (Phi) is 9.58. The number of carboxylic acid groups (broad SMARTS) is 1. The third kappa shape index (κ3) is 9.01. The number of halogens is 11. The molecule has 0 rings (SSSR count). The number of nitrogens with one attached hydrogen (secondary N) is 1. The standard InChI is InChI=1S/C14H19F11N2O5S/c1-27(2,8-9(28)29)6-3-5-26-33(30,31)7-4-10(15,16)13(22,23)32-14(24,25)11(17,18)12(19,20)21/h26H,3-8H2,1-2H3. The molecule has 0 aromatic heterocycles. The minimum absolute atomic E-state index is 0.0288. The van der Waals surface area contributed by atoms with Crippen LogP contribution in [0.25, 0.3) is 0 Å². The molecular weight excluding hydrogens is 517 g/mol. The van der Waals surface area contributed by atoms with E-state index in [1.165, 1.54) is 14.1 Å². The Morgan fingerprint density at radius 2 is 1.42 bits per heavy atom. The van der Waals surface area contributed by atoms with Crippen molar-refractivity contribution in [2.75, 3.05) is 39.5 Å². The van der Waals surface area contributed by atoms with E-state index in [1.807, 2.05) is 4.74 Å². The van der Waals surface area contributed by atoms with Crippen LogP contribution in [-0.4, -0.2) is 88.6 Å². The third-order valence-electron chi connectivity index (χ3n) is 3.91. The summed E-state index contributed by atoms with van der Waals surface area (Å²) in [4.78, 5) is 10.5. The number of quaternary nitrogens is 1. The minimum Gasteiger partial charge on any atom is -0.544 e. The molecule has 0 saturated carbocycles. The Labute approximate surface area is 180 Å². The van der Waals surface area contributed by atoms with Crippen molar-refractivity contribution < 1.29 is 75.8 Å². The van der Waals surface area contributed by atoms with E-state index in [-0.39, 0.29) is 17.4 Å². The van der Waals surface area contributed by atoms with E-state index in [1.54, 1.807) is 4.72 Å². The van der Waals surface area contributed by atoms with Gasteiger partial charge in [-0.2, -0.15) is 48.3 Å². The molecule has 0 bridgehead atoms. The number of hydrogen-bond acceptors (Lipinski definition) is 5. The zero-order valence-corrected chi connectivity index (χ0v) is 17.6. The number of nitrogens with zero attached hydrogens (tertiary/aromatic N) is 1. The maximum atomic E-state index is 13.5. The van der Waals surface area contributed by atoms with Gasteiger partial charge in [0.25, 0.3) is 0 Å². The van der Waals surface area contributed by atoms with Gasteiger partial charge in [-0.15, -0.1) is 0 Å². The number of rotatable bonds is 14.